The molecule has 2 aromatic rings. The molecule has 0 N–H and O–H groups in total. The Labute approximate surface area is 131 Å². The Morgan fingerprint density at radius 2 is 2.29 bits per heavy atom. The number of hydrogen-bond acceptors (Lipinski definition) is 6. The van der Waals surface area contributed by atoms with Gasteiger partial charge < -0.3 is 9.26 Å². The van der Waals surface area contributed by atoms with Crippen molar-refractivity contribution >= 4 is 21.9 Å². The number of aromatic nitrogens is 2. The number of carbonyl (C=O) groups is 1. The lowest BCUT2D eigenvalue weighted by molar-refractivity contribution is -0.144. The van der Waals surface area contributed by atoms with E-state index in [1.54, 1.807) is 18.9 Å². The maximum Gasteiger partial charge on any atom is 0.320 e. The first-order valence-electron chi connectivity index (χ1n) is 6.51. The predicted molar refractivity (Wildman–Crippen MR) is 80.4 cm³/mol. The minimum absolute atomic E-state index is 0.183. The molecule has 6 nitrogen and oxygen atoms in total. The van der Waals surface area contributed by atoms with E-state index in [0.29, 0.717) is 24.9 Å². The summed E-state index contributed by atoms with van der Waals surface area (Å²) in [6.45, 7) is 2.72. The van der Waals surface area contributed by atoms with E-state index in [9.17, 15) is 4.79 Å². The van der Waals surface area contributed by atoms with Gasteiger partial charge in [-0.25, -0.2) is 0 Å². The monoisotopic (exact) mass is 353 g/mol. The zero-order chi connectivity index (χ0) is 15.2. The van der Waals surface area contributed by atoms with Crippen LogP contribution in [0, 0.1) is 0 Å². The van der Waals surface area contributed by atoms with E-state index in [2.05, 4.69) is 26.1 Å². The third kappa shape index (κ3) is 4.64. The quantitative estimate of drug-likeness (QED) is 0.743. The lowest BCUT2D eigenvalue weighted by atomic mass is 10.2. The second kappa shape index (κ2) is 7.33. The van der Waals surface area contributed by atoms with Gasteiger partial charge in [-0.3, -0.25) is 9.69 Å². The zero-order valence-corrected chi connectivity index (χ0v) is 13.5. The highest BCUT2D eigenvalue weighted by atomic mass is 79.9. The van der Waals surface area contributed by atoms with Crippen LogP contribution in [0.1, 0.15) is 12.8 Å². The molecule has 0 aliphatic carbocycles. The van der Waals surface area contributed by atoms with Crippen LogP contribution in [-0.4, -0.2) is 41.2 Å². The van der Waals surface area contributed by atoms with Crippen molar-refractivity contribution in [2.24, 2.45) is 0 Å². The first kappa shape index (κ1) is 15.7. The van der Waals surface area contributed by atoms with Crippen LogP contribution in [0.2, 0.25) is 0 Å². The number of carbonyl (C=O) groups excluding carboxylic acids is 1. The molecule has 0 fully saturated rings. The number of esters is 1. The van der Waals surface area contributed by atoms with Crippen LogP contribution in [0.5, 0.6) is 0 Å². The fourth-order valence-corrected chi connectivity index (χ4v) is 2.18. The van der Waals surface area contributed by atoms with Crippen molar-refractivity contribution in [2.45, 2.75) is 13.5 Å². The number of hydrogen-bond donors (Lipinski definition) is 0. The molecule has 1 aromatic heterocycles. The van der Waals surface area contributed by atoms with Crippen molar-refractivity contribution in [3.63, 3.8) is 0 Å². The minimum atomic E-state index is -0.272. The highest BCUT2D eigenvalue weighted by molar-refractivity contribution is 9.10. The van der Waals surface area contributed by atoms with E-state index >= 15 is 0 Å². The molecule has 0 bridgehead atoms. The van der Waals surface area contributed by atoms with E-state index in [-0.39, 0.29) is 12.5 Å². The smallest absolute Gasteiger partial charge is 0.320 e. The van der Waals surface area contributed by atoms with Gasteiger partial charge in [0.05, 0.1) is 19.7 Å². The van der Waals surface area contributed by atoms with Crippen molar-refractivity contribution < 1.29 is 14.1 Å². The van der Waals surface area contributed by atoms with Gasteiger partial charge in [-0.2, -0.15) is 4.98 Å². The van der Waals surface area contributed by atoms with E-state index in [1.165, 1.54) is 0 Å². The van der Waals surface area contributed by atoms with Gasteiger partial charge in [-0.05, 0) is 26.1 Å². The van der Waals surface area contributed by atoms with Crippen LogP contribution in [-0.2, 0) is 16.1 Å². The predicted octanol–water partition coefficient (Wildman–Crippen LogP) is 2.49. The number of nitrogens with zero attached hydrogens (tertiary/aromatic N) is 3. The summed E-state index contributed by atoms with van der Waals surface area (Å²) in [5.41, 5.74) is 0.868. The molecule has 0 saturated heterocycles. The normalized spacial score (nSPS) is 10.9. The van der Waals surface area contributed by atoms with Crippen LogP contribution in [0.4, 0.5) is 0 Å². The Kier molecular flexibility index (Phi) is 5.46. The van der Waals surface area contributed by atoms with Gasteiger partial charge in [-0.15, -0.1) is 0 Å². The van der Waals surface area contributed by atoms with Crippen LogP contribution in [0.3, 0.4) is 0 Å². The van der Waals surface area contributed by atoms with E-state index in [4.69, 9.17) is 9.26 Å². The molecular formula is C14H16BrN3O3. The van der Waals surface area contributed by atoms with E-state index in [0.717, 1.165) is 10.0 Å². The van der Waals surface area contributed by atoms with Gasteiger partial charge in [0.15, 0.2) is 0 Å². The average molecular weight is 354 g/mol. The summed E-state index contributed by atoms with van der Waals surface area (Å²) in [5.74, 6) is 0.708. The lowest BCUT2D eigenvalue weighted by Crippen LogP contribution is -2.27. The van der Waals surface area contributed by atoms with Crippen LogP contribution < -0.4 is 0 Å². The Hall–Kier alpha value is -1.73. The summed E-state index contributed by atoms with van der Waals surface area (Å²) in [5, 5.41) is 3.95. The Bertz CT molecular complexity index is 615. The van der Waals surface area contributed by atoms with Crippen LogP contribution in [0.25, 0.3) is 11.4 Å². The zero-order valence-electron chi connectivity index (χ0n) is 11.9. The fourth-order valence-electron chi connectivity index (χ4n) is 1.78. The van der Waals surface area contributed by atoms with Gasteiger partial charge in [-0.1, -0.05) is 33.2 Å². The molecule has 0 spiro atoms. The molecule has 0 aliphatic rings. The SMILES string of the molecule is CCOC(=O)CN(C)Cc1nc(-c2cccc(Br)c2)no1. The average Bonchev–Trinajstić information content (AvgIpc) is 2.87. The van der Waals surface area contributed by atoms with Crippen molar-refractivity contribution in [1.82, 2.24) is 15.0 Å². The molecular weight excluding hydrogens is 338 g/mol. The van der Waals surface area contributed by atoms with Gasteiger partial charge in [0, 0.05) is 10.0 Å². The molecule has 0 saturated carbocycles. The number of rotatable bonds is 6. The molecule has 0 aliphatic heterocycles. The molecule has 0 unspecified atom stereocenters. The molecule has 21 heavy (non-hydrogen) atoms. The van der Waals surface area contributed by atoms with Crippen LogP contribution in [0.15, 0.2) is 33.3 Å². The largest absolute Gasteiger partial charge is 0.465 e. The first-order chi connectivity index (χ1) is 10.1. The maximum absolute atomic E-state index is 11.4. The van der Waals surface area contributed by atoms with Gasteiger partial charge in [0.2, 0.25) is 11.7 Å². The second-order valence-corrected chi connectivity index (χ2v) is 5.42. The fraction of sp³-hybridized carbons (Fsp3) is 0.357. The standard InChI is InChI=1S/C14H16BrN3O3/c1-3-20-13(19)9-18(2)8-12-16-14(17-21-12)10-5-4-6-11(15)7-10/h4-7H,3,8-9H2,1-2H3. The third-order valence-electron chi connectivity index (χ3n) is 2.66. The van der Waals surface area contributed by atoms with E-state index in [1.807, 2.05) is 24.3 Å². The van der Waals surface area contributed by atoms with Crippen molar-refractivity contribution in [2.75, 3.05) is 20.2 Å². The summed E-state index contributed by atoms with van der Waals surface area (Å²) in [4.78, 5) is 17.5. The second-order valence-electron chi connectivity index (χ2n) is 4.50. The number of halogens is 1. The van der Waals surface area contributed by atoms with Gasteiger partial charge in [0.25, 0.3) is 0 Å². The highest BCUT2D eigenvalue weighted by Crippen LogP contribution is 2.20. The summed E-state index contributed by atoms with van der Waals surface area (Å²) in [7, 11) is 1.79. The molecule has 0 amide bonds. The summed E-state index contributed by atoms with van der Waals surface area (Å²) in [6.07, 6.45) is 0. The summed E-state index contributed by atoms with van der Waals surface area (Å²) >= 11 is 3.40. The van der Waals surface area contributed by atoms with Crippen molar-refractivity contribution in [3.8, 4) is 11.4 Å². The van der Waals surface area contributed by atoms with Gasteiger partial charge in [0.1, 0.15) is 0 Å². The third-order valence-corrected chi connectivity index (χ3v) is 3.15. The summed E-state index contributed by atoms with van der Waals surface area (Å²) < 4.78 is 11.0. The molecule has 2 rings (SSSR count). The number of ether oxygens (including phenoxy) is 1. The number of likely N-dealkylation sites (N-methyl/N-ethyl adjacent to an activating group) is 1. The van der Waals surface area contributed by atoms with Crippen molar-refractivity contribution in [1.29, 1.82) is 0 Å². The lowest BCUT2D eigenvalue weighted by Gasteiger charge is -2.12. The summed E-state index contributed by atoms with van der Waals surface area (Å²) in [6, 6.07) is 7.65. The van der Waals surface area contributed by atoms with Crippen LogP contribution >= 0.6 is 15.9 Å². The first-order valence-corrected chi connectivity index (χ1v) is 7.30. The maximum atomic E-state index is 11.4. The van der Waals surface area contributed by atoms with Gasteiger partial charge >= 0.3 is 5.97 Å². The molecule has 1 heterocycles. The topological polar surface area (TPSA) is 68.5 Å². The minimum Gasteiger partial charge on any atom is -0.465 e. The molecule has 0 radical (unpaired) electrons. The Balaban J connectivity index is 1.98. The molecule has 7 heteroatoms. The Morgan fingerprint density at radius 3 is 3.00 bits per heavy atom. The van der Waals surface area contributed by atoms with E-state index < -0.39 is 0 Å². The van der Waals surface area contributed by atoms with Crippen molar-refractivity contribution in [3.05, 3.63) is 34.6 Å². The molecule has 112 valence electrons. The highest BCUT2D eigenvalue weighted by Gasteiger charge is 2.13. The molecule has 0 atom stereocenters. The number of benzene rings is 1. The molecule has 1 aromatic carbocycles. The Morgan fingerprint density at radius 1 is 1.48 bits per heavy atom.